The fraction of sp³-hybridized carbons (Fsp3) is 0.429. The molecule has 1 aromatic rings. The Labute approximate surface area is 115 Å². The minimum absolute atomic E-state index is 0.132. The minimum atomic E-state index is -1.24. The zero-order valence-electron chi connectivity index (χ0n) is 11.5. The van der Waals surface area contributed by atoms with E-state index in [1.165, 1.54) is 0 Å². The zero-order chi connectivity index (χ0) is 15.5. The van der Waals surface area contributed by atoms with Crippen molar-refractivity contribution in [2.45, 2.75) is 27.3 Å². The Morgan fingerprint density at radius 2 is 1.70 bits per heavy atom. The second-order valence-corrected chi connectivity index (χ2v) is 5.63. The van der Waals surface area contributed by atoms with Gasteiger partial charge in [0.15, 0.2) is 0 Å². The number of amides is 1. The number of nitrogens with one attached hydrogen (secondary N) is 1. The number of hydrogen-bond donors (Lipinski definition) is 2. The Morgan fingerprint density at radius 1 is 1.20 bits per heavy atom. The molecule has 1 atom stereocenters. The predicted molar refractivity (Wildman–Crippen MR) is 68.8 cm³/mol. The molecule has 0 saturated heterocycles. The SMILES string of the molecule is CC(C)(C)C(C(=O)O)C(=O)NCc1cc(F)cc(F)c1. The predicted octanol–water partition coefficient (Wildman–Crippen LogP) is 2.33. The molecule has 0 radical (unpaired) electrons. The average Bonchev–Trinajstić information content (AvgIpc) is 2.22. The first-order chi connectivity index (χ1) is 9.11. The van der Waals surface area contributed by atoms with Crippen molar-refractivity contribution < 1.29 is 23.5 Å². The molecular formula is C14H17F2NO3. The Bertz CT molecular complexity index is 503. The van der Waals surface area contributed by atoms with Gasteiger partial charge in [0.2, 0.25) is 5.91 Å². The van der Waals surface area contributed by atoms with E-state index in [9.17, 15) is 18.4 Å². The van der Waals surface area contributed by atoms with Gasteiger partial charge in [-0.1, -0.05) is 20.8 Å². The highest BCUT2D eigenvalue weighted by molar-refractivity contribution is 5.97. The number of rotatable bonds is 4. The van der Waals surface area contributed by atoms with E-state index >= 15 is 0 Å². The van der Waals surface area contributed by atoms with E-state index in [1.807, 2.05) is 0 Å². The smallest absolute Gasteiger partial charge is 0.316 e. The minimum Gasteiger partial charge on any atom is -0.481 e. The summed E-state index contributed by atoms with van der Waals surface area (Å²) in [7, 11) is 0. The maximum Gasteiger partial charge on any atom is 0.316 e. The summed E-state index contributed by atoms with van der Waals surface area (Å²) in [6, 6.07) is 2.88. The van der Waals surface area contributed by atoms with Gasteiger partial charge < -0.3 is 10.4 Å². The molecule has 1 rings (SSSR count). The quantitative estimate of drug-likeness (QED) is 0.834. The molecule has 0 aliphatic heterocycles. The van der Waals surface area contributed by atoms with Crippen LogP contribution < -0.4 is 5.32 Å². The molecular weight excluding hydrogens is 268 g/mol. The Hall–Kier alpha value is -1.98. The van der Waals surface area contributed by atoms with E-state index in [4.69, 9.17) is 5.11 Å². The molecule has 0 fully saturated rings. The fourth-order valence-electron chi connectivity index (χ4n) is 1.88. The van der Waals surface area contributed by atoms with E-state index in [0.29, 0.717) is 0 Å². The van der Waals surface area contributed by atoms with Crippen LogP contribution in [0.2, 0.25) is 0 Å². The maximum atomic E-state index is 13.0. The zero-order valence-corrected chi connectivity index (χ0v) is 11.5. The molecule has 0 aliphatic carbocycles. The van der Waals surface area contributed by atoms with Crippen LogP contribution in [0.4, 0.5) is 8.78 Å². The van der Waals surface area contributed by atoms with Crippen molar-refractivity contribution in [3.05, 3.63) is 35.4 Å². The van der Waals surface area contributed by atoms with E-state index < -0.39 is 34.8 Å². The largest absolute Gasteiger partial charge is 0.481 e. The van der Waals surface area contributed by atoms with E-state index in [0.717, 1.165) is 18.2 Å². The number of carbonyl (C=O) groups excluding carboxylic acids is 1. The third-order valence-corrected chi connectivity index (χ3v) is 2.76. The molecule has 1 amide bonds. The van der Waals surface area contributed by atoms with Crippen molar-refractivity contribution in [1.82, 2.24) is 5.32 Å². The van der Waals surface area contributed by atoms with Crippen LogP contribution in [0.25, 0.3) is 0 Å². The summed E-state index contributed by atoms with van der Waals surface area (Å²) in [5.74, 6) is -4.66. The van der Waals surface area contributed by atoms with Gasteiger partial charge in [0, 0.05) is 12.6 Å². The van der Waals surface area contributed by atoms with Gasteiger partial charge in [0.25, 0.3) is 0 Å². The molecule has 0 spiro atoms. The molecule has 0 aliphatic rings. The number of carboxylic acid groups (broad SMARTS) is 1. The van der Waals surface area contributed by atoms with Crippen LogP contribution in [0.5, 0.6) is 0 Å². The molecule has 2 N–H and O–H groups in total. The summed E-state index contributed by atoms with van der Waals surface area (Å²) in [6.07, 6.45) is 0. The van der Waals surface area contributed by atoms with Gasteiger partial charge in [-0.25, -0.2) is 8.78 Å². The highest BCUT2D eigenvalue weighted by Crippen LogP contribution is 2.26. The molecule has 20 heavy (non-hydrogen) atoms. The van der Waals surface area contributed by atoms with E-state index in [1.54, 1.807) is 20.8 Å². The lowest BCUT2D eigenvalue weighted by Gasteiger charge is -2.25. The van der Waals surface area contributed by atoms with Crippen molar-refractivity contribution in [2.75, 3.05) is 0 Å². The molecule has 1 aromatic carbocycles. The lowest BCUT2D eigenvalue weighted by atomic mass is 9.80. The molecule has 0 bridgehead atoms. The molecule has 1 unspecified atom stereocenters. The van der Waals surface area contributed by atoms with Gasteiger partial charge in [0.1, 0.15) is 17.6 Å². The molecule has 0 saturated carbocycles. The van der Waals surface area contributed by atoms with E-state index in [2.05, 4.69) is 5.32 Å². The van der Waals surface area contributed by atoms with Crippen LogP contribution in [0.3, 0.4) is 0 Å². The monoisotopic (exact) mass is 285 g/mol. The highest BCUT2D eigenvalue weighted by atomic mass is 19.1. The standard InChI is InChI=1S/C14H17F2NO3/c1-14(2,3)11(13(19)20)12(18)17-7-8-4-9(15)6-10(16)5-8/h4-6,11H,7H2,1-3H3,(H,17,18)(H,19,20). The lowest BCUT2D eigenvalue weighted by Crippen LogP contribution is -2.42. The van der Waals surface area contributed by atoms with Crippen molar-refractivity contribution in [1.29, 1.82) is 0 Å². The van der Waals surface area contributed by atoms with E-state index in [-0.39, 0.29) is 12.1 Å². The van der Waals surface area contributed by atoms with Crippen LogP contribution in [0, 0.1) is 23.0 Å². The average molecular weight is 285 g/mol. The van der Waals surface area contributed by atoms with Crippen molar-refractivity contribution in [3.63, 3.8) is 0 Å². The number of hydrogen-bond acceptors (Lipinski definition) is 2. The number of halogens is 2. The number of carboxylic acids is 1. The second-order valence-electron chi connectivity index (χ2n) is 5.63. The molecule has 0 aromatic heterocycles. The first kappa shape index (κ1) is 16.1. The third-order valence-electron chi connectivity index (χ3n) is 2.76. The van der Waals surface area contributed by atoms with Crippen LogP contribution in [-0.4, -0.2) is 17.0 Å². The van der Waals surface area contributed by atoms with Crippen LogP contribution >= 0.6 is 0 Å². The van der Waals surface area contributed by atoms with Crippen molar-refractivity contribution in [2.24, 2.45) is 11.3 Å². The van der Waals surface area contributed by atoms with Crippen LogP contribution in [-0.2, 0) is 16.1 Å². The Kier molecular flexibility index (Phi) is 4.81. The van der Waals surface area contributed by atoms with Gasteiger partial charge in [0.05, 0.1) is 0 Å². The normalized spacial score (nSPS) is 12.8. The molecule has 0 heterocycles. The highest BCUT2D eigenvalue weighted by Gasteiger charge is 2.37. The van der Waals surface area contributed by atoms with Gasteiger partial charge in [-0.3, -0.25) is 9.59 Å². The maximum absolute atomic E-state index is 13.0. The van der Waals surface area contributed by atoms with Gasteiger partial charge in [-0.2, -0.15) is 0 Å². The number of aliphatic carboxylic acids is 1. The van der Waals surface area contributed by atoms with Crippen LogP contribution in [0.15, 0.2) is 18.2 Å². The summed E-state index contributed by atoms with van der Waals surface area (Å²) in [6.45, 7) is 4.76. The summed E-state index contributed by atoms with van der Waals surface area (Å²) in [5, 5.41) is 11.5. The van der Waals surface area contributed by atoms with Gasteiger partial charge >= 0.3 is 5.97 Å². The molecule has 4 nitrogen and oxygen atoms in total. The summed E-state index contributed by atoms with van der Waals surface area (Å²) in [4.78, 5) is 23.0. The molecule has 6 heteroatoms. The summed E-state index contributed by atoms with van der Waals surface area (Å²) < 4.78 is 26.0. The number of benzene rings is 1. The van der Waals surface area contributed by atoms with Gasteiger partial charge in [-0.05, 0) is 23.1 Å². The fourth-order valence-corrected chi connectivity index (χ4v) is 1.88. The van der Waals surface area contributed by atoms with Gasteiger partial charge in [-0.15, -0.1) is 0 Å². The Morgan fingerprint density at radius 3 is 2.10 bits per heavy atom. The Balaban J connectivity index is 2.78. The summed E-state index contributed by atoms with van der Waals surface area (Å²) >= 11 is 0. The number of carbonyl (C=O) groups is 2. The first-order valence-electron chi connectivity index (χ1n) is 6.07. The summed E-state index contributed by atoms with van der Waals surface area (Å²) in [5.41, 5.74) is -0.530. The second kappa shape index (κ2) is 5.98. The lowest BCUT2D eigenvalue weighted by molar-refractivity contribution is -0.151. The first-order valence-corrected chi connectivity index (χ1v) is 6.07. The molecule has 110 valence electrons. The van der Waals surface area contributed by atoms with Crippen molar-refractivity contribution in [3.8, 4) is 0 Å². The topological polar surface area (TPSA) is 66.4 Å². The third kappa shape index (κ3) is 4.29. The van der Waals surface area contributed by atoms with Crippen molar-refractivity contribution >= 4 is 11.9 Å². The van der Waals surface area contributed by atoms with Crippen LogP contribution in [0.1, 0.15) is 26.3 Å².